The molecule has 0 unspecified atom stereocenters. The first kappa shape index (κ1) is 31.0. The molecule has 0 radical (unpaired) electrons. The van der Waals surface area contributed by atoms with Crippen LogP contribution < -0.4 is 26.5 Å². The second-order valence-corrected chi connectivity index (χ2v) is 21.5. The molecule has 5 aromatic rings. The topological polar surface area (TPSA) is 0 Å². The van der Waals surface area contributed by atoms with Crippen LogP contribution in [-0.4, -0.2) is 9.79 Å². The second-order valence-electron chi connectivity index (χ2n) is 12.8. The van der Waals surface area contributed by atoms with Gasteiger partial charge in [0.1, 0.15) is 0 Å². The first-order chi connectivity index (χ1) is 22.3. The summed E-state index contributed by atoms with van der Waals surface area (Å²) in [6.45, 7) is 0. The Labute approximate surface area is 275 Å². The van der Waals surface area contributed by atoms with Gasteiger partial charge < -0.3 is 0 Å². The lowest BCUT2D eigenvalue weighted by Crippen LogP contribution is -2.47. The van der Waals surface area contributed by atoms with Gasteiger partial charge >= 0.3 is 0 Å². The van der Waals surface area contributed by atoms with Gasteiger partial charge in [-0.2, -0.15) is 0 Å². The van der Waals surface area contributed by atoms with Gasteiger partial charge in [0, 0.05) is 9.79 Å². The molecule has 0 aromatic heterocycles. The lowest BCUT2D eigenvalue weighted by atomic mass is 9.98. The summed E-state index contributed by atoms with van der Waals surface area (Å²) in [5.74, 6) is 0. The van der Waals surface area contributed by atoms with Crippen LogP contribution in [0.4, 0.5) is 0 Å². The van der Waals surface area contributed by atoms with Crippen LogP contribution in [0.3, 0.4) is 0 Å². The molecule has 45 heavy (non-hydrogen) atoms. The fraction of sp³-hybridized carbons (Fsp3) is 0.286. The van der Waals surface area contributed by atoms with E-state index in [1.807, 2.05) is 0 Å². The molecule has 0 N–H and O–H groups in total. The van der Waals surface area contributed by atoms with E-state index < -0.39 is 23.8 Å². The highest BCUT2D eigenvalue weighted by atomic mass is 31.2. The highest BCUT2D eigenvalue weighted by Crippen LogP contribution is 2.82. The largest absolute Gasteiger partial charge is 0.0622 e. The van der Waals surface area contributed by atoms with Crippen molar-refractivity contribution in [3.8, 4) is 0 Å². The van der Waals surface area contributed by atoms with E-state index in [0.29, 0.717) is 0 Å². The molecule has 5 aromatic carbocycles. The van der Waals surface area contributed by atoms with E-state index in [9.17, 15) is 0 Å². The summed E-state index contributed by atoms with van der Waals surface area (Å²) in [4.78, 5) is 0.461. The monoisotopic (exact) mass is 642 g/mol. The highest BCUT2D eigenvalue weighted by molar-refractivity contribution is 7.95. The molecule has 2 aliphatic rings. The predicted octanol–water partition coefficient (Wildman–Crippen LogP) is 10.4. The third-order valence-corrected chi connectivity index (χ3v) is 21.6. The first-order valence-electron chi connectivity index (χ1n) is 17.0. The van der Waals surface area contributed by atoms with Crippen molar-refractivity contribution in [3.05, 3.63) is 152 Å². The molecule has 0 spiro atoms. The molecule has 7 rings (SSSR count). The average Bonchev–Trinajstić information content (AvgIpc) is 3.12. The predicted molar refractivity (Wildman–Crippen MR) is 203 cm³/mol. The van der Waals surface area contributed by atoms with Crippen molar-refractivity contribution in [2.24, 2.45) is 0 Å². The van der Waals surface area contributed by atoms with Crippen molar-refractivity contribution in [1.82, 2.24) is 0 Å². The maximum absolute atomic E-state index is 2.55. The lowest BCUT2D eigenvalue weighted by Gasteiger charge is -2.60. The van der Waals surface area contributed by atoms with Crippen LogP contribution in [0.1, 0.15) is 64.2 Å². The number of hydrogen-bond acceptors (Lipinski definition) is 0. The third kappa shape index (κ3) is 6.25. The molecular formula is C42H45P3. The third-order valence-electron chi connectivity index (χ3n) is 10.0. The maximum atomic E-state index is 2.55. The van der Waals surface area contributed by atoms with E-state index in [1.165, 1.54) is 64.2 Å². The summed E-state index contributed by atoms with van der Waals surface area (Å²) in [6.07, 6.45) is 13.4. The summed E-state index contributed by atoms with van der Waals surface area (Å²) in [6, 6.07) is 59.0. The number of rotatable bonds is 9. The Bertz CT molecular complexity index is 1410. The Morgan fingerprint density at radius 1 is 0.289 bits per heavy atom. The van der Waals surface area contributed by atoms with Crippen LogP contribution in [0.5, 0.6) is 0 Å². The van der Waals surface area contributed by atoms with Crippen LogP contribution in [0, 0.1) is 0 Å². The molecule has 2 aliphatic carbocycles. The summed E-state index contributed by atoms with van der Waals surface area (Å²) >= 11 is 0. The standard InChI is InChI=1S/C42H45P3/c1-8-22-36(23-9-1)43(37-24-10-2-11-25-37)41(32-18-6-19-33-41)45(40-30-16-5-17-31-40)42(34-20-7-21-35-42)44(38-26-12-3-13-27-38)39-28-14-4-15-29-39/h1-5,8-17,22-31H,6-7,18-21,32-35H2. The number of hydrogen-bond donors (Lipinski definition) is 0. The Balaban J connectivity index is 1.55. The summed E-state index contributed by atoms with van der Waals surface area (Å²) in [5.41, 5.74) is 0. The fourth-order valence-electron chi connectivity index (χ4n) is 8.34. The van der Waals surface area contributed by atoms with Crippen molar-refractivity contribution >= 4 is 50.3 Å². The zero-order chi connectivity index (χ0) is 30.4. The Morgan fingerprint density at radius 3 is 0.800 bits per heavy atom. The molecule has 0 amide bonds. The van der Waals surface area contributed by atoms with Crippen LogP contribution >= 0.6 is 23.8 Å². The minimum Gasteiger partial charge on any atom is -0.0622 e. The Hall–Kier alpha value is -2.61. The summed E-state index contributed by atoms with van der Waals surface area (Å²) < 4.78 is 0. The molecular weight excluding hydrogens is 597 g/mol. The van der Waals surface area contributed by atoms with Gasteiger partial charge in [0.15, 0.2) is 0 Å². The zero-order valence-electron chi connectivity index (χ0n) is 26.3. The normalized spacial score (nSPS) is 17.8. The maximum Gasteiger partial charge on any atom is 0.0235 e. The molecule has 0 heterocycles. The van der Waals surface area contributed by atoms with Crippen molar-refractivity contribution in [2.45, 2.75) is 74.0 Å². The van der Waals surface area contributed by atoms with Gasteiger partial charge in [-0.1, -0.05) is 198 Å². The van der Waals surface area contributed by atoms with Crippen molar-refractivity contribution in [1.29, 1.82) is 0 Å². The molecule has 2 fully saturated rings. The molecule has 228 valence electrons. The van der Waals surface area contributed by atoms with E-state index in [1.54, 1.807) is 26.5 Å². The van der Waals surface area contributed by atoms with E-state index in [4.69, 9.17) is 0 Å². The van der Waals surface area contributed by atoms with Gasteiger partial charge in [0.2, 0.25) is 0 Å². The van der Waals surface area contributed by atoms with Crippen molar-refractivity contribution in [2.75, 3.05) is 0 Å². The van der Waals surface area contributed by atoms with Crippen LogP contribution in [0.15, 0.2) is 152 Å². The van der Waals surface area contributed by atoms with Crippen LogP contribution in [-0.2, 0) is 0 Å². The first-order valence-corrected chi connectivity index (χ1v) is 21.0. The van der Waals surface area contributed by atoms with Gasteiger partial charge in [-0.25, -0.2) is 0 Å². The molecule has 3 heteroatoms. The van der Waals surface area contributed by atoms with Gasteiger partial charge in [0.25, 0.3) is 0 Å². The van der Waals surface area contributed by atoms with Gasteiger partial charge in [-0.15, -0.1) is 0 Å². The lowest BCUT2D eigenvalue weighted by molar-refractivity contribution is 0.453. The average molecular weight is 643 g/mol. The second kappa shape index (κ2) is 14.4. The van der Waals surface area contributed by atoms with Gasteiger partial charge in [0.05, 0.1) is 0 Å². The van der Waals surface area contributed by atoms with Crippen LogP contribution in [0.25, 0.3) is 0 Å². The SMILES string of the molecule is c1ccc(P(c2ccccc2)C2(P(c3ccccc3)C3(P(c4ccccc4)c4ccccc4)CCCCC3)CCCCC2)cc1. The zero-order valence-corrected chi connectivity index (χ0v) is 29.0. The number of benzene rings is 5. The molecule has 0 nitrogen and oxygen atoms in total. The van der Waals surface area contributed by atoms with Crippen molar-refractivity contribution < 1.29 is 0 Å². The van der Waals surface area contributed by atoms with E-state index in [0.717, 1.165) is 0 Å². The van der Waals surface area contributed by atoms with Crippen molar-refractivity contribution in [3.63, 3.8) is 0 Å². The molecule has 0 aliphatic heterocycles. The minimum atomic E-state index is -0.596. The summed E-state index contributed by atoms with van der Waals surface area (Å²) in [5, 5.41) is 7.92. The Morgan fingerprint density at radius 2 is 0.533 bits per heavy atom. The molecule has 2 saturated carbocycles. The van der Waals surface area contributed by atoms with Gasteiger partial charge in [-0.05, 0) is 68.0 Å². The van der Waals surface area contributed by atoms with Gasteiger partial charge in [-0.3, -0.25) is 0 Å². The smallest absolute Gasteiger partial charge is 0.0235 e. The minimum absolute atomic E-state index is 0.231. The highest BCUT2D eigenvalue weighted by Gasteiger charge is 2.58. The molecule has 0 atom stereocenters. The Kier molecular flexibility index (Phi) is 9.95. The fourth-order valence-corrected chi connectivity index (χ4v) is 23.1. The molecule has 0 bridgehead atoms. The van der Waals surface area contributed by atoms with E-state index >= 15 is 0 Å². The van der Waals surface area contributed by atoms with E-state index in [2.05, 4.69) is 152 Å². The molecule has 0 saturated heterocycles. The quantitative estimate of drug-likeness (QED) is 0.140. The van der Waals surface area contributed by atoms with E-state index in [-0.39, 0.29) is 9.79 Å². The van der Waals surface area contributed by atoms with Crippen LogP contribution in [0.2, 0.25) is 0 Å². The summed E-state index contributed by atoms with van der Waals surface area (Å²) in [7, 11) is -1.77.